The maximum atomic E-state index is 12.7. The van der Waals surface area contributed by atoms with Crippen molar-refractivity contribution >= 4 is 11.8 Å². The number of hydrogen-bond donors (Lipinski definition) is 1. The average molecular weight is 270 g/mol. The molecule has 1 fully saturated rings. The van der Waals surface area contributed by atoms with Crippen LogP contribution in [0, 0.1) is 5.92 Å². The Bertz CT molecular complexity index is 340. The Morgan fingerprint density at radius 2 is 1.95 bits per heavy atom. The predicted octanol–water partition coefficient (Wildman–Crippen LogP) is 1.17. The molecule has 1 N–H and O–H groups in total. The number of amides is 2. The molecule has 1 rings (SSSR count). The van der Waals surface area contributed by atoms with Crippen LogP contribution < -0.4 is 5.32 Å². The van der Waals surface area contributed by atoms with Gasteiger partial charge in [-0.25, -0.2) is 0 Å². The highest BCUT2D eigenvalue weighted by atomic mass is 16.5. The van der Waals surface area contributed by atoms with E-state index in [0.29, 0.717) is 26.0 Å². The van der Waals surface area contributed by atoms with Gasteiger partial charge in [-0.1, -0.05) is 20.8 Å². The maximum absolute atomic E-state index is 12.7. The quantitative estimate of drug-likeness (QED) is 0.788. The van der Waals surface area contributed by atoms with Crippen molar-refractivity contribution in [3.63, 3.8) is 0 Å². The largest absolute Gasteiger partial charge is 0.384 e. The van der Waals surface area contributed by atoms with E-state index >= 15 is 0 Å². The van der Waals surface area contributed by atoms with E-state index in [1.807, 2.05) is 20.8 Å². The lowest BCUT2D eigenvalue weighted by Crippen LogP contribution is -2.69. The van der Waals surface area contributed by atoms with Gasteiger partial charge in [0, 0.05) is 13.7 Å². The second-order valence-corrected chi connectivity index (χ2v) is 5.47. The van der Waals surface area contributed by atoms with Gasteiger partial charge >= 0.3 is 0 Å². The number of nitrogens with one attached hydrogen (secondary N) is 1. The van der Waals surface area contributed by atoms with E-state index in [9.17, 15) is 9.59 Å². The first kappa shape index (κ1) is 16.0. The number of rotatable bonds is 6. The molecule has 5 nitrogen and oxygen atoms in total. The molecule has 19 heavy (non-hydrogen) atoms. The second kappa shape index (κ2) is 6.37. The summed E-state index contributed by atoms with van der Waals surface area (Å²) in [7, 11) is 1.65. The van der Waals surface area contributed by atoms with Crippen LogP contribution in [0.5, 0.6) is 0 Å². The van der Waals surface area contributed by atoms with Crippen molar-refractivity contribution in [2.24, 2.45) is 5.92 Å². The zero-order valence-electron chi connectivity index (χ0n) is 12.7. The molecule has 0 spiro atoms. The van der Waals surface area contributed by atoms with Crippen molar-refractivity contribution in [1.82, 2.24) is 10.2 Å². The Hall–Kier alpha value is -1.10. The molecular formula is C14H26N2O3. The summed E-state index contributed by atoms with van der Waals surface area (Å²) in [6, 6.07) is -0.405. The standard InChI is InChI=1S/C14H26N2O3/c1-6-14(7-2)13(18)16(8-10(3)9-19-5)11(4)12(17)15-14/h10-11H,6-9H2,1-5H3,(H,15,17). The minimum atomic E-state index is -0.726. The highest BCUT2D eigenvalue weighted by Gasteiger charge is 2.47. The molecule has 2 atom stereocenters. The van der Waals surface area contributed by atoms with Crippen LogP contribution in [0.3, 0.4) is 0 Å². The summed E-state index contributed by atoms with van der Waals surface area (Å²) >= 11 is 0. The summed E-state index contributed by atoms with van der Waals surface area (Å²) in [5.41, 5.74) is -0.726. The van der Waals surface area contributed by atoms with Gasteiger partial charge in [-0.15, -0.1) is 0 Å². The lowest BCUT2D eigenvalue weighted by molar-refractivity contribution is -0.155. The van der Waals surface area contributed by atoms with E-state index in [-0.39, 0.29) is 17.7 Å². The summed E-state index contributed by atoms with van der Waals surface area (Å²) in [4.78, 5) is 26.5. The maximum Gasteiger partial charge on any atom is 0.248 e. The third-order valence-corrected chi connectivity index (χ3v) is 4.05. The molecule has 1 aliphatic heterocycles. The zero-order valence-corrected chi connectivity index (χ0v) is 12.7. The molecule has 0 aromatic carbocycles. The van der Waals surface area contributed by atoms with Crippen molar-refractivity contribution in [3.8, 4) is 0 Å². The zero-order chi connectivity index (χ0) is 14.6. The second-order valence-electron chi connectivity index (χ2n) is 5.47. The van der Waals surface area contributed by atoms with Crippen molar-refractivity contribution in [1.29, 1.82) is 0 Å². The van der Waals surface area contributed by atoms with Gasteiger partial charge in [0.1, 0.15) is 11.6 Å². The summed E-state index contributed by atoms with van der Waals surface area (Å²) in [6.45, 7) is 8.83. The van der Waals surface area contributed by atoms with Gasteiger partial charge in [0.05, 0.1) is 6.61 Å². The van der Waals surface area contributed by atoms with E-state index in [0.717, 1.165) is 0 Å². The molecule has 0 aromatic heterocycles. The molecule has 2 amide bonds. The van der Waals surface area contributed by atoms with Gasteiger partial charge in [0.15, 0.2) is 0 Å². The van der Waals surface area contributed by atoms with Crippen LogP contribution in [0.15, 0.2) is 0 Å². The first-order valence-electron chi connectivity index (χ1n) is 7.03. The third-order valence-electron chi connectivity index (χ3n) is 4.05. The monoisotopic (exact) mass is 270 g/mol. The van der Waals surface area contributed by atoms with Crippen molar-refractivity contribution in [2.45, 2.75) is 52.1 Å². The van der Waals surface area contributed by atoms with Crippen LogP contribution in [-0.2, 0) is 14.3 Å². The number of nitrogens with zero attached hydrogens (tertiary/aromatic N) is 1. The van der Waals surface area contributed by atoms with Gasteiger partial charge in [0.2, 0.25) is 11.8 Å². The van der Waals surface area contributed by atoms with Gasteiger partial charge < -0.3 is 15.0 Å². The molecular weight excluding hydrogens is 244 g/mol. The van der Waals surface area contributed by atoms with E-state index in [2.05, 4.69) is 5.32 Å². The van der Waals surface area contributed by atoms with Crippen LogP contribution in [0.2, 0.25) is 0 Å². The van der Waals surface area contributed by atoms with E-state index in [1.54, 1.807) is 18.9 Å². The Balaban J connectivity index is 2.93. The van der Waals surface area contributed by atoms with Crippen molar-refractivity contribution in [2.75, 3.05) is 20.3 Å². The summed E-state index contributed by atoms with van der Waals surface area (Å²) in [6.07, 6.45) is 1.24. The minimum absolute atomic E-state index is 0.0348. The van der Waals surface area contributed by atoms with Crippen molar-refractivity contribution in [3.05, 3.63) is 0 Å². The Kier molecular flexibility index (Phi) is 5.35. The number of ether oxygens (including phenoxy) is 1. The number of hydrogen-bond acceptors (Lipinski definition) is 3. The smallest absolute Gasteiger partial charge is 0.248 e. The molecule has 0 saturated carbocycles. The van der Waals surface area contributed by atoms with Crippen molar-refractivity contribution < 1.29 is 14.3 Å². The molecule has 0 bridgehead atoms. The highest BCUT2D eigenvalue weighted by molar-refractivity contribution is 5.99. The highest BCUT2D eigenvalue weighted by Crippen LogP contribution is 2.25. The molecule has 5 heteroatoms. The Morgan fingerprint density at radius 3 is 2.42 bits per heavy atom. The first-order chi connectivity index (χ1) is 8.91. The van der Waals surface area contributed by atoms with Gasteiger partial charge in [-0.3, -0.25) is 9.59 Å². The van der Waals surface area contributed by atoms with Gasteiger partial charge in [-0.05, 0) is 25.7 Å². The summed E-state index contributed by atoms with van der Waals surface area (Å²) in [5.74, 6) is 0.189. The van der Waals surface area contributed by atoms with Crippen LogP contribution in [-0.4, -0.2) is 48.6 Å². The van der Waals surface area contributed by atoms with E-state index in [4.69, 9.17) is 4.74 Å². The minimum Gasteiger partial charge on any atom is -0.384 e. The lowest BCUT2D eigenvalue weighted by atomic mass is 9.87. The number of carbonyl (C=O) groups is 2. The van der Waals surface area contributed by atoms with Crippen LogP contribution in [0.4, 0.5) is 0 Å². The summed E-state index contributed by atoms with van der Waals surface area (Å²) in [5, 5.41) is 2.90. The molecule has 1 saturated heterocycles. The molecule has 1 aliphatic rings. The average Bonchev–Trinajstić information content (AvgIpc) is 2.39. The fraction of sp³-hybridized carbons (Fsp3) is 0.857. The SMILES string of the molecule is CCC1(CC)NC(=O)C(C)N(CC(C)COC)C1=O. The topological polar surface area (TPSA) is 58.6 Å². The van der Waals surface area contributed by atoms with Crippen LogP contribution in [0.25, 0.3) is 0 Å². The lowest BCUT2D eigenvalue weighted by Gasteiger charge is -2.45. The Labute approximate surface area is 115 Å². The van der Waals surface area contributed by atoms with Gasteiger partial charge in [-0.2, -0.15) is 0 Å². The fourth-order valence-corrected chi connectivity index (χ4v) is 2.63. The van der Waals surface area contributed by atoms with E-state index < -0.39 is 11.6 Å². The molecule has 110 valence electrons. The summed E-state index contributed by atoms with van der Waals surface area (Å²) < 4.78 is 5.11. The normalized spacial score (nSPS) is 24.3. The van der Waals surface area contributed by atoms with Gasteiger partial charge in [0.25, 0.3) is 0 Å². The van der Waals surface area contributed by atoms with E-state index in [1.165, 1.54) is 0 Å². The first-order valence-corrected chi connectivity index (χ1v) is 7.03. The number of piperazine rings is 1. The number of methoxy groups -OCH3 is 1. The molecule has 0 aromatic rings. The van der Waals surface area contributed by atoms with Crippen LogP contribution >= 0.6 is 0 Å². The van der Waals surface area contributed by atoms with Crippen LogP contribution in [0.1, 0.15) is 40.5 Å². The predicted molar refractivity (Wildman–Crippen MR) is 73.7 cm³/mol. The Morgan fingerprint density at radius 1 is 1.37 bits per heavy atom. The molecule has 1 heterocycles. The molecule has 0 aliphatic carbocycles. The molecule has 2 unspecified atom stereocenters. The fourth-order valence-electron chi connectivity index (χ4n) is 2.63. The number of carbonyl (C=O) groups excluding carboxylic acids is 2. The molecule has 0 radical (unpaired) electrons. The third kappa shape index (κ3) is 3.08.